The Labute approximate surface area is 144 Å². The molecule has 1 aromatic rings. The van der Waals surface area contributed by atoms with Crippen LogP contribution in [0.1, 0.15) is 31.7 Å². The number of rotatable bonds is 8. The lowest BCUT2D eigenvalue weighted by Crippen LogP contribution is -2.38. The molecule has 132 valence electrons. The minimum absolute atomic E-state index is 0.218. The number of carbonyl (C=O) groups excluding carboxylic acids is 1. The van der Waals surface area contributed by atoms with Crippen LogP contribution in [-0.2, 0) is 16.1 Å². The van der Waals surface area contributed by atoms with Crippen LogP contribution in [0.3, 0.4) is 0 Å². The summed E-state index contributed by atoms with van der Waals surface area (Å²) in [4.78, 5) is 18.2. The van der Waals surface area contributed by atoms with Crippen LogP contribution in [0.15, 0.2) is 29.3 Å². The van der Waals surface area contributed by atoms with Gasteiger partial charge in [0.2, 0.25) is 5.91 Å². The maximum Gasteiger partial charge on any atom is 0.227 e. The largest absolute Gasteiger partial charge is 0.385 e. The molecular formula is C18H28N4O2. The van der Waals surface area contributed by atoms with E-state index in [2.05, 4.69) is 15.6 Å². The summed E-state index contributed by atoms with van der Waals surface area (Å²) >= 11 is 0. The maximum atomic E-state index is 11.8. The number of aliphatic imine (C=N–C) groups is 1. The monoisotopic (exact) mass is 332 g/mol. The summed E-state index contributed by atoms with van der Waals surface area (Å²) in [6.45, 7) is 5.87. The molecule has 1 aliphatic heterocycles. The third kappa shape index (κ3) is 5.53. The van der Waals surface area contributed by atoms with Gasteiger partial charge >= 0.3 is 0 Å². The number of guanidine groups is 1. The molecule has 0 unspecified atom stereocenters. The Kier molecular flexibility index (Phi) is 7.55. The molecule has 0 saturated carbocycles. The van der Waals surface area contributed by atoms with Gasteiger partial charge in [0.15, 0.2) is 5.96 Å². The van der Waals surface area contributed by atoms with Crippen LogP contribution in [0.4, 0.5) is 5.69 Å². The molecule has 0 spiro atoms. The maximum absolute atomic E-state index is 11.8. The van der Waals surface area contributed by atoms with Gasteiger partial charge in [-0.15, -0.1) is 0 Å². The third-order valence-electron chi connectivity index (χ3n) is 3.90. The third-order valence-corrected chi connectivity index (χ3v) is 3.90. The number of hydrogen-bond donors (Lipinski definition) is 2. The quantitative estimate of drug-likeness (QED) is 0.433. The molecule has 0 aromatic heterocycles. The lowest BCUT2D eigenvalue weighted by Gasteiger charge is -2.16. The number of nitrogens with one attached hydrogen (secondary N) is 2. The first-order valence-corrected chi connectivity index (χ1v) is 8.65. The Morgan fingerprint density at radius 1 is 1.29 bits per heavy atom. The lowest BCUT2D eigenvalue weighted by atomic mass is 10.2. The van der Waals surface area contributed by atoms with Crippen molar-refractivity contribution >= 4 is 17.6 Å². The molecule has 24 heavy (non-hydrogen) atoms. The van der Waals surface area contributed by atoms with Crippen molar-refractivity contribution in [2.75, 3.05) is 38.3 Å². The van der Waals surface area contributed by atoms with E-state index in [1.807, 2.05) is 36.1 Å². The van der Waals surface area contributed by atoms with Crippen molar-refractivity contribution in [3.8, 4) is 0 Å². The molecule has 1 fully saturated rings. The van der Waals surface area contributed by atoms with Gasteiger partial charge in [-0.3, -0.25) is 4.79 Å². The Balaban J connectivity index is 1.89. The van der Waals surface area contributed by atoms with Gasteiger partial charge in [0.1, 0.15) is 0 Å². The van der Waals surface area contributed by atoms with E-state index < -0.39 is 0 Å². The van der Waals surface area contributed by atoms with E-state index in [1.54, 1.807) is 7.11 Å². The van der Waals surface area contributed by atoms with Crippen LogP contribution in [-0.4, -0.2) is 45.2 Å². The Bertz CT molecular complexity index is 542. The van der Waals surface area contributed by atoms with Gasteiger partial charge in [-0.1, -0.05) is 12.1 Å². The molecule has 0 radical (unpaired) electrons. The van der Waals surface area contributed by atoms with Gasteiger partial charge < -0.3 is 20.3 Å². The standard InChI is InChI=1S/C18H28N4O2/c1-3-19-18(20-11-5-13-24-2)21-14-15-7-9-16(10-8-15)22-12-4-6-17(22)23/h7-10H,3-6,11-14H2,1-2H3,(H2,19,20,21). The van der Waals surface area contributed by atoms with E-state index in [4.69, 9.17) is 4.74 Å². The summed E-state index contributed by atoms with van der Waals surface area (Å²) in [7, 11) is 1.71. The highest BCUT2D eigenvalue weighted by Gasteiger charge is 2.21. The average Bonchev–Trinajstić information content (AvgIpc) is 3.03. The van der Waals surface area contributed by atoms with E-state index in [9.17, 15) is 4.79 Å². The summed E-state index contributed by atoms with van der Waals surface area (Å²) in [6.07, 6.45) is 2.55. The van der Waals surface area contributed by atoms with Crippen LogP contribution in [0.2, 0.25) is 0 Å². The van der Waals surface area contributed by atoms with Gasteiger partial charge in [0.25, 0.3) is 0 Å². The number of amides is 1. The molecule has 0 atom stereocenters. The highest BCUT2D eigenvalue weighted by Crippen LogP contribution is 2.21. The first-order valence-electron chi connectivity index (χ1n) is 8.65. The van der Waals surface area contributed by atoms with Crippen molar-refractivity contribution in [2.24, 2.45) is 4.99 Å². The fourth-order valence-electron chi connectivity index (χ4n) is 2.64. The fourth-order valence-corrected chi connectivity index (χ4v) is 2.64. The molecule has 1 aromatic carbocycles. The van der Waals surface area contributed by atoms with Crippen LogP contribution < -0.4 is 15.5 Å². The number of benzene rings is 1. The second-order valence-corrected chi connectivity index (χ2v) is 5.78. The minimum Gasteiger partial charge on any atom is -0.385 e. The first kappa shape index (κ1) is 18.3. The SMILES string of the molecule is CCNC(=NCc1ccc(N2CCCC2=O)cc1)NCCCOC. The second kappa shape index (κ2) is 9.93. The number of nitrogens with zero attached hydrogens (tertiary/aromatic N) is 2. The predicted molar refractivity (Wildman–Crippen MR) is 97.3 cm³/mol. The molecule has 6 nitrogen and oxygen atoms in total. The van der Waals surface area contributed by atoms with Gasteiger partial charge in [-0.05, 0) is 37.5 Å². The smallest absolute Gasteiger partial charge is 0.227 e. The van der Waals surface area contributed by atoms with E-state index in [-0.39, 0.29) is 5.91 Å². The van der Waals surface area contributed by atoms with E-state index in [0.29, 0.717) is 13.0 Å². The zero-order valence-corrected chi connectivity index (χ0v) is 14.7. The lowest BCUT2D eigenvalue weighted by molar-refractivity contribution is -0.117. The summed E-state index contributed by atoms with van der Waals surface area (Å²) < 4.78 is 5.05. The number of methoxy groups -OCH3 is 1. The van der Waals surface area contributed by atoms with E-state index in [1.165, 1.54) is 0 Å². The predicted octanol–water partition coefficient (Wildman–Crippen LogP) is 1.90. The zero-order chi connectivity index (χ0) is 17.2. The number of ether oxygens (including phenoxy) is 1. The Morgan fingerprint density at radius 3 is 2.71 bits per heavy atom. The van der Waals surface area contributed by atoms with Crippen molar-refractivity contribution in [3.63, 3.8) is 0 Å². The van der Waals surface area contributed by atoms with Crippen molar-refractivity contribution in [1.29, 1.82) is 0 Å². The van der Waals surface area contributed by atoms with Gasteiger partial charge in [0, 0.05) is 45.5 Å². The zero-order valence-electron chi connectivity index (χ0n) is 14.7. The Hall–Kier alpha value is -2.08. The van der Waals surface area contributed by atoms with Gasteiger partial charge in [-0.2, -0.15) is 0 Å². The summed E-state index contributed by atoms with van der Waals surface area (Å²) in [5, 5.41) is 6.53. The van der Waals surface area contributed by atoms with Gasteiger partial charge in [-0.25, -0.2) is 4.99 Å². The van der Waals surface area contributed by atoms with Crippen molar-refractivity contribution in [2.45, 2.75) is 32.7 Å². The highest BCUT2D eigenvalue weighted by molar-refractivity contribution is 5.95. The molecule has 1 saturated heterocycles. The minimum atomic E-state index is 0.218. The van der Waals surface area contributed by atoms with E-state index in [0.717, 1.165) is 56.3 Å². The molecule has 6 heteroatoms. The van der Waals surface area contributed by atoms with Gasteiger partial charge in [0.05, 0.1) is 6.54 Å². The fraction of sp³-hybridized carbons (Fsp3) is 0.556. The molecular weight excluding hydrogens is 304 g/mol. The van der Waals surface area contributed by atoms with Crippen LogP contribution in [0.5, 0.6) is 0 Å². The van der Waals surface area contributed by atoms with Crippen molar-refractivity contribution in [1.82, 2.24) is 10.6 Å². The highest BCUT2D eigenvalue weighted by atomic mass is 16.5. The number of anilines is 1. The molecule has 0 aliphatic carbocycles. The average molecular weight is 332 g/mol. The number of hydrogen-bond acceptors (Lipinski definition) is 3. The molecule has 0 bridgehead atoms. The second-order valence-electron chi connectivity index (χ2n) is 5.78. The molecule has 2 N–H and O–H groups in total. The summed E-state index contributed by atoms with van der Waals surface area (Å²) in [6, 6.07) is 8.10. The normalized spacial score (nSPS) is 15.0. The van der Waals surface area contributed by atoms with Crippen LogP contribution in [0, 0.1) is 0 Å². The van der Waals surface area contributed by atoms with Crippen molar-refractivity contribution in [3.05, 3.63) is 29.8 Å². The van der Waals surface area contributed by atoms with Crippen molar-refractivity contribution < 1.29 is 9.53 Å². The molecule has 1 heterocycles. The van der Waals surface area contributed by atoms with E-state index >= 15 is 0 Å². The first-order chi connectivity index (χ1) is 11.7. The molecule has 1 amide bonds. The molecule has 1 aliphatic rings. The summed E-state index contributed by atoms with van der Waals surface area (Å²) in [5.41, 5.74) is 2.11. The number of carbonyl (C=O) groups is 1. The van der Waals surface area contributed by atoms with Crippen LogP contribution in [0.25, 0.3) is 0 Å². The topological polar surface area (TPSA) is 66.0 Å². The van der Waals surface area contributed by atoms with Crippen LogP contribution >= 0.6 is 0 Å². The summed E-state index contributed by atoms with van der Waals surface area (Å²) in [5.74, 6) is 1.03. The Morgan fingerprint density at radius 2 is 2.08 bits per heavy atom. The molecule has 2 rings (SSSR count).